The van der Waals surface area contributed by atoms with Crippen LogP contribution in [0.5, 0.6) is 11.5 Å². The summed E-state index contributed by atoms with van der Waals surface area (Å²) in [6.45, 7) is 9.26. The van der Waals surface area contributed by atoms with Crippen molar-refractivity contribution in [1.82, 2.24) is 0 Å². The second kappa shape index (κ2) is 8.42. The fourth-order valence-electron chi connectivity index (χ4n) is 2.78. The van der Waals surface area contributed by atoms with E-state index in [4.69, 9.17) is 9.47 Å². The molecule has 0 bridgehead atoms. The van der Waals surface area contributed by atoms with Gasteiger partial charge in [-0.25, -0.2) is 8.78 Å². The SMILES string of the molecule is CC[C@H](C)COc1ccc2c(sc3c(F)c(OCCC(C)C)ccc32)c1F. The lowest BCUT2D eigenvalue weighted by Gasteiger charge is -2.11. The standard InChI is InChI=1S/C22H26F2O2S/c1-5-14(4)12-26-18-9-7-16-15-6-8-17(25-11-10-13(2)3)19(23)21(15)27-22(16)20(18)24/h6-9,13-14H,5,10-12H2,1-4H3/t14-/m0/s1. The molecule has 0 aliphatic carbocycles. The molecular formula is C22H26F2O2S. The van der Waals surface area contributed by atoms with Gasteiger partial charge < -0.3 is 9.47 Å². The Bertz CT molecular complexity index is 933. The van der Waals surface area contributed by atoms with Crippen LogP contribution in [0.1, 0.15) is 40.5 Å². The summed E-state index contributed by atoms with van der Waals surface area (Å²) in [7, 11) is 0. The summed E-state index contributed by atoms with van der Waals surface area (Å²) >= 11 is 1.11. The molecule has 0 saturated heterocycles. The van der Waals surface area contributed by atoms with Crippen LogP contribution in [0.4, 0.5) is 8.78 Å². The Balaban J connectivity index is 1.94. The Morgan fingerprint density at radius 3 is 1.96 bits per heavy atom. The molecule has 0 amide bonds. The lowest BCUT2D eigenvalue weighted by atomic mass is 10.1. The minimum absolute atomic E-state index is 0.225. The van der Waals surface area contributed by atoms with Gasteiger partial charge in [0.1, 0.15) is 0 Å². The van der Waals surface area contributed by atoms with E-state index in [2.05, 4.69) is 27.7 Å². The van der Waals surface area contributed by atoms with Gasteiger partial charge in [-0.15, -0.1) is 11.3 Å². The van der Waals surface area contributed by atoms with Crippen molar-refractivity contribution in [2.45, 2.75) is 40.5 Å². The summed E-state index contributed by atoms with van der Waals surface area (Å²) in [6, 6.07) is 6.88. The molecule has 1 aromatic heterocycles. The lowest BCUT2D eigenvalue weighted by molar-refractivity contribution is 0.247. The Hall–Kier alpha value is -1.88. The third-order valence-corrected chi connectivity index (χ3v) is 6.00. The van der Waals surface area contributed by atoms with Gasteiger partial charge in [0.25, 0.3) is 0 Å². The molecule has 0 saturated carbocycles. The minimum Gasteiger partial charge on any atom is -0.490 e. The van der Waals surface area contributed by atoms with E-state index >= 15 is 0 Å². The average molecular weight is 393 g/mol. The molecule has 0 unspecified atom stereocenters. The molecule has 2 aromatic carbocycles. The van der Waals surface area contributed by atoms with Gasteiger partial charge >= 0.3 is 0 Å². The predicted molar refractivity (Wildman–Crippen MR) is 109 cm³/mol. The van der Waals surface area contributed by atoms with Gasteiger partial charge in [0.15, 0.2) is 23.1 Å². The topological polar surface area (TPSA) is 18.5 Å². The molecule has 5 heteroatoms. The van der Waals surface area contributed by atoms with Crippen LogP contribution in [0.3, 0.4) is 0 Å². The van der Waals surface area contributed by atoms with Crippen molar-refractivity contribution >= 4 is 31.5 Å². The fourth-order valence-corrected chi connectivity index (χ4v) is 3.94. The van der Waals surface area contributed by atoms with Gasteiger partial charge in [0, 0.05) is 10.8 Å². The summed E-state index contributed by atoms with van der Waals surface area (Å²) < 4.78 is 41.9. The number of halogens is 2. The third kappa shape index (κ3) is 4.18. The molecule has 146 valence electrons. The van der Waals surface area contributed by atoms with Gasteiger partial charge in [0.2, 0.25) is 0 Å². The molecular weight excluding hydrogens is 366 g/mol. The summed E-state index contributed by atoms with van der Waals surface area (Å²) in [5, 5.41) is 1.41. The van der Waals surface area contributed by atoms with Crippen molar-refractivity contribution < 1.29 is 18.3 Å². The molecule has 0 spiro atoms. The summed E-state index contributed by atoms with van der Waals surface area (Å²) in [6.07, 6.45) is 1.83. The number of benzene rings is 2. The maximum absolute atomic E-state index is 14.9. The monoisotopic (exact) mass is 392 g/mol. The van der Waals surface area contributed by atoms with Crippen molar-refractivity contribution in [3.05, 3.63) is 35.9 Å². The van der Waals surface area contributed by atoms with E-state index in [1.54, 1.807) is 18.2 Å². The highest BCUT2D eigenvalue weighted by Crippen LogP contribution is 2.41. The van der Waals surface area contributed by atoms with Crippen LogP contribution in [0, 0.1) is 23.5 Å². The van der Waals surface area contributed by atoms with Crippen LogP contribution in [0.25, 0.3) is 20.2 Å². The molecule has 3 aromatic rings. The largest absolute Gasteiger partial charge is 0.490 e. The highest BCUT2D eigenvalue weighted by molar-refractivity contribution is 7.25. The highest BCUT2D eigenvalue weighted by atomic mass is 32.1. The van der Waals surface area contributed by atoms with Gasteiger partial charge in [-0.05, 0) is 42.5 Å². The average Bonchev–Trinajstić information content (AvgIpc) is 3.03. The van der Waals surface area contributed by atoms with E-state index < -0.39 is 11.6 Å². The second-order valence-electron chi connectivity index (χ2n) is 7.47. The number of hydrogen-bond donors (Lipinski definition) is 0. The first-order valence-electron chi connectivity index (χ1n) is 9.51. The number of fused-ring (bicyclic) bond motifs is 3. The highest BCUT2D eigenvalue weighted by Gasteiger charge is 2.18. The van der Waals surface area contributed by atoms with Crippen LogP contribution in [0.2, 0.25) is 0 Å². The van der Waals surface area contributed by atoms with E-state index in [9.17, 15) is 8.78 Å². The number of thiophene rings is 1. The first-order chi connectivity index (χ1) is 12.9. The Kier molecular flexibility index (Phi) is 6.20. The zero-order chi connectivity index (χ0) is 19.6. The summed E-state index contributed by atoms with van der Waals surface area (Å²) in [5.74, 6) is 0.457. The third-order valence-electron chi connectivity index (χ3n) is 4.79. The predicted octanol–water partition coefficient (Wildman–Crippen LogP) is 7.18. The van der Waals surface area contributed by atoms with Crippen molar-refractivity contribution in [1.29, 1.82) is 0 Å². The normalized spacial score (nSPS) is 12.9. The Morgan fingerprint density at radius 1 is 0.889 bits per heavy atom. The zero-order valence-electron chi connectivity index (χ0n) is 16.3. The second-order valence-corrected chi connectivity index (χ2v) is 8.49. The molecule has 0 N–H and O–H groups in total. The van der Waals surface area contributed by atoms with Crippen molar-refractivity contribution in [2.75, 3.05) is 13.2 Å². The van der Waals surface area contributed by atoms with Crippen molar-refractivity contribution in [3.8, 4) is 11.5 Å². The lowest BCUT2D eigenvalue weighted by Crippen LogP contribution is -2.08. The van der Waals surface area contributed by atoms with Crippen LogP contribution < -0.4 is 9.47 Å². The first kappa shape index (κ1) is 19.9. The Labute approximate surface area is 163 Å². The number of ether oxygens (including phenoxy) is 2. The van der Waals surface area contributed by atoms with E-state index in [0.29, 0.717) is 45.2 Å². The summed E-state index contributed by atoms with van der Waals surface area (Å²) in [4.78, 5) is 0. The van der Waals surface area contributed by atoms with Gasteiger partial charge in [0.05, 0.1) is 22.6 Å². The number of hydrogen-bond acceptors (Lipinski definition) is 3. The summed E-state index contributed by atoms with van der Waals surface area (Å²) in [5.41, 5.74) is 0. The van der Waals surface area contributed by atoms with Gasteiger partial charge in [-0.2, -0.15) is 0 Å². The van der Waals surface area contributed by atoms with E-state index in [1.807, 2.05) is 6.07 Å². The molecule has 1 atom stereocenters. The van der Waals surface area contributed by atoms with Gasteiger partial charge in [-0.1, -0.05) is 34.1 Å². The van der Waals surface area contributed by atoms with E-state index in [1.165, 1.54) is 0 Å². The Morgan fingerprint density at radius 2 is 1.44 bits per heavy atom. The molecule has 0 aliphatic rings. The van der Waals surface area contributed by atoms with Crippen LogP contribution in [-0.4, -0.2) is 13.2 Å². The molecule has 0 radical (unpaired) electrons. The molecule has 3 rings (SSSR count). The maximum atomic E-state index is 14.9. The van der Waals surface area contributed by atoms with E-state index in [0.717, 1.165) is 24.2 Å². The van der Waals surface area contributed by atoms with Crippen LogP contribution >= 0.6 is 11.3 Å². The first-order valence-corrected chi connectivity index (χ1v) is 10.3. The van der Waals surface area contributed by atoms with Gasteiger partial charge in [-0.3, -0.25) is 0 Å². The van der Waals surface area contributed by atoms with Crippen LogP contribution in [0.15, 0.2) is 24.3 Å². The molecule has 0 fully saturated rings. The van der Waals surface area contributed by atoms with Crippen molar-refractivity contribution in [3.63, 3.8) is 0 Å². The van der Waals surface area contributed by atoms with E-state index in [-0.39, 0.29) is 11.5 Å². The molecule has 0 aliphatic heterocycles. The van der Waals surface area contributed by atoms with Crippen LogP contribution in [-0.2, 0) is 0 Å². The molecule has 27 heavy (non-hydrogen) atoms. The minimum atomic E-state index is -0.418. The number of rotatable bonds is 8. The molecule has 1 heterocycles. The maximum Gasteiger partial charge on any atom is 0.182 e. The van der Waals surface area contributed by atoms with Crippen molar-refractivity contribution in [2.24, 2.45) is 11.8 Å². The fraction of sp³-hybridized carbons (Fsp3) is 0.455. The smallest absolute Gasteiger partial charge is 0.182 e. The zero-order valence-corrected chi connectivity index (χ0v) is 17.1. The quantitative estimate of drug-likeness (QED) is 0.404. The molecule has 2 nitrogen and oxygen atoms in total.